The fourth-order valence-electron chi connectivity index (χ4n) is 3.68. The Morgan fingerprint density at radius 2 is 1.29 bits per heavy atom. The molecule has 1 aromatic heterocycles. The van der Waals surface area contributed by atoms with Gasteiger partial charge in [-0.25, -0.2) is 9.97 Å². The lowest BCUT2D eigenvalue weighted by Crippen LogP contribution is -1.96. The van der Waals surface area contributed by atoms with E-state index in [1.54, 1.807) is 25.3 Å². The molecular weight excluding hydrogens is 391 g/mol. The summed E-state index contributed by atoms with van der Waals surface area (Å²) in [6, 6.07) is 21.8. The second-order valence-corrected chi connectivity index (χ2v) is 7.29. The number of benzene rings is 4. The first kappa shape index (κ1) is 17.2. The summed E-state index contributed by atoms with van der Waals surface area (Å²) in [5, 5.41) is 5.21. The summed E-state index contributed by atoms with van der Waals surface area (Å²) >= 11 is 12.8. The Balaban J connectivity index is 1.96. The highest BCUT2D eigenvalue weighted by Gasteiger charge is 2.18. The van der Waals surface area contributed by atoms with Crippen LogP contribution in [0.2, 0.25) is 10.2 Å². The van der Waals surface area contributed by atoms with E-state index in [1.165, 1.54) is 0 Å². The van der Waals surface area contributed by atoms with Gasteiger partial charge in [-0.05, 0) is 29.0 Å². The van der Waals surface area contributed by atoms with Gasteiger partial charge >= 0.3 is 0 Å². The van der Waals surface area contributed by atoms with Crippen molar-refractivity contribution in [1.29, 1.82) is 0 Å². The van der Waals surface area contributed by atoms with Crippen molar-refractivity contribution in [3.63, 3.8) is 0 Å². The number of ether oxygens (including phenoxy) is 1. The average Bonchev–Trinajstić information content (AvgIpc) is 2.73. The smallest absolute Gasteiger partial charge is 0.156 e. The van der Waals surface area contributed by atoms with Crippen molar-refractivity contribution in [2.45, 2.75) is 0 Å². The lowest BCUT2D eigenvalue weighted by atomic mass is 9.99. The Morgan fingerprint density at radius 1 is 0.714 bits per heavy atom. The Labute approximate surface area is 171 Å². The van der Waals surface area contributed by atoms with Gasteiger partial charge < -0.3 is 4.74 Å². The van der Waals surface area contributed by atoms with Crippen LogP contribution < -0.4 is 4.74 Å². The molecule has 28 heavy (non-hydrogen) atoms. The lowest BCUT2D eigenvalue weighted by Gasteiger charge is -2.13. The molecule has 1 heterocycles. The Kier molecular flexibility index (Phi) is 4.08. The molecule has 5 heteroatoms. The van der Waals surface area contributed by atoms with Gasteiger partial charge in [-0.2, -0.15) is 0 Å². The lowest BCUT2D eigenvalue weighted by molar-refractivity contribution is 0.416. The third-order valence-electron chi connectivity index (χ3n) is 4.92. The topological polar surface area (TPSA) is 35.0 Å². The minimum atomic E-state index is 0.313. The van der Waals surface area contributed by atoms with Crippen LogP contribution in [-0.4, -0.2) is 17.1 Å². The van der Waals surface area contributed by atoms with Crippen molar-refractivity contribution in [3.05, 3.63) is 76.9 Å². The van der Waals surface area contributed by atoms with E-state index in [0.717, 1.165) is 32.6 Å². The van der Waals surface area contributed by atoms with E-state index < -0.39 is 0 Å². The standard InChI is InChI=1S/C23H14Cl2N2O/c1-28-19-11-10-13(24)12-18(19)22-23(25)27-21-17-9-5-3-7-15(17)14-6-2-4-8-16(14)20(21)26-22/h2-12H,1H3. The van der Waals surface area contributed by atoms with Gasteiger partial charge in [0.2, 0.25) is 0 Å². The summed E-state index contributed by atoms with van der Waals surface area (Å²) in [5.74, 6) is 0.644. The molecule has 0 spiro atoms. The van der Waals surface area contributed by atoms with Gasteiger partial charge in [-0.3, -0.25) is 0 Å². The summed E-state index contributed by atoms with van der Waals surface area (Å²) in [6.45, 7) is 0. The van der Waals surface area contributed by atoms with Crippen molar-refractivity contribution in [3.8, 4) is 17.0 Å². The maximum Gasteiger partial charge on any atom is 0.156 e. The molecule has 5 aromatic rings. The van der Waals surface area contributed by atoms with E-state index >= 15 is 0 Å². The number of fused-ring (bicyclic) bond motifs is 6. The summed E-state index contributed by atoms with van der Waals surface area (Å²) in [7, 11) is 1.61. The molecule has 0 saturated carbocycles. The second kappa shape index (κ2) is 6.62. The number of halogens is 2. The van der Waals surface area contributed by atoms with Crippen molar-refractivity contribution in [1.82, 2.24) is 9.97 Å². The Hall–Kier alpha value is -2.88. The van der Waals surface area contributed by atoms with Crippen molar-refractivity contribution < 1.29 is 4.74 Å². The first-order valence-electron chi connectivity index (χ1n) is 8.78. The maximum atomic E-state index is 6.60. The third kappa shape index (κ3) is 2.59. The molecule has 0 saturated heterocycles. The maximum absolute atomic E-state index is 6.60. The Morgan fingerprint density at radius 3 is 1.89 bits per heavy atom. The first-order valence-corrected chi connectivity index (χ1v) is 9.53. The quantitative estimate of drug-likeness (QED) is 0.299. The molecule has 0 bridgehead atoms. The molecule has 0 radical (unpaired) electrons. The van der Waals surface area contributed by atoms with Gasteiger partial charge in [0, 0.05) is 21.4 Å². The fraction of sp³-hybridized carbons (Fsp3) is 0.0435. The van der Waals surface area contributed by atoms with Crippen LogP contribution in [0.4, 0.5) is 0 Å². The number of nitrogens with zero attached hydrogens (tertiary/aromatic N) is 2. The van der Waals surface area contributed by atoms with Gasteiger partial charge in [0.15, 0.2) is 5.15 Å². The molecule has 0 aliphatic carbocycles. The number of aromatic nitrogens is 2. The van der Waals surface area contributed by atoms with Crippen LogP contribution in [0.1, 0.15) is 0 Å². The highest BCUT2D eigenvalue weighted by molar-refractivity contribution is 6.34. The predicted molar refractivity (Wildman–Crippen MR) is 117 cm³/mol. The summed E-state index contributed by atoms with van der Waals surface area (Å²) in [5.41, 5.74) is 2.85. The van der Waals surface area contributed by atoms with Gasteiger partial charge in [-0.15, -0.1) is 0 Å². The molecule has 3 nitrogen and oxygen atoms in total. The molecule has 0 fully saturated rings. The molecule has 5 rings (SSSR count). The van der Waals surface area contributed by atoms with E-state index in [1.807, 2.05) is 24.3 Å². The van der Waals surface area contributed by atoms with Crippen molar-refractivity contribution in [2.24, 2.45) is 0 Å². The predicted octanol–water partition coefficient (Wildman–Crippen LogP) is 6.92. The highest BCUT2D eigenvalue weighted by Crippen LogP contribution is 2.39. The van der Waals surface area contributed by atoms with Crippen LogP contribution in [0.25, 0.3) is 43.8 Å². The molecule has 0 unspecified atom stereocenters. The van der Waals surface area contributed by atoms with Gasteiger partial charge in [0.25, 0.3) is 0 Å². The summed E-state index contributed by atoms with van der Waals surface area (Å²) < 4.78 is 5.49. The monoisotopic (exact) mass is 404 g/mol. The minimum Gasteiger partial charge on any atom is -0.496 e. The number of hydrogen-bond donors (Lipinski definition) is 0. The normalized spacial score (nSPS) is 11.4. The van der Waals surface area contributed by atoms with Crippen LogP contribution in [0, 0.1) is 0 Å². The fourth-order valence-corrected chi connectivity index (χ4v) is 4.08. The van der Waals surface area contributed by atoms with Crippen LogP contribution in [-0.2, 0) is 0 Å². The van der Waals surface area contributed by atoms with Crippen LogP contribution in [0.15, 0.2) is 66.7 Å². The average molecular weight is 405 g/mol. The molecule has 0 aliphatic heterocycles. The minimum absolute atomic E-state index is 0.313. The van der Waals surface area contributed by atoms with Crippen LogP contribution >= 0.6 is 23.2 Å². The van der Waals surface area contributed by atoms with E-state index in [4.69, 9.17) is 37.9 Å². The highest BCUT2D eigenvalue weighted by atomic mass is 35.5. The van der Waals surface area contributed by atoms with Crippen LogP contribution in [0.5, 0.6) is 5.75 Å². The number of hydrogen-bond acceptors (Lipinski definition) is 3. The van der Waals surface area contributed by atoms with E-state index in [0.29, 0.717) is 27.2 Å². The van der Waals surface area contributed by atoms with E-state index in [9.17, 15) is 0 Å². The zero-order chi connectivity index (χ0) is 19.3. The third-order valence-corrected chi connectivity index (χ3v) is 5.42. The molecule has 0 amide bonds. The molecule has 136 valence electrons. The van der Waals surface area contributed by atoms with E-state index in [-0.39, 0.29) is 0 Å². The molecule has 0 aliphatic rings. The Bertz CT molecular complexity index is 1380. The molecule has 4 aromatic carbocycles. The van der Waals surface area contributed by atoms with E-state index in [2.05, 4.69) is 24.3 Å². The van der Waals surface area contributed by atoms with Crippen LogP contribution in [0.3, 0.4) is 0 Å². The zero-order valence-electron chi connectivity index (χ0n) is 14.9. The summed E-state index contributed by atoms with van der Waals surface area (Å²) in [4.78, 5) is 9.68. The van der Waals surface area contributed by atoms with Gasteiger partial charge in [0.05, 0.1) is 18.1 Å². The second-order valence-electron chi connectivity index (χ2n) is 6.50. The molecule has 0 N–H and O–H groups in total. The molecular formula is C23H14Cl2N2O. The van der Waals surface area contributed by atoms with Gasteiger partial charge in [-0.1, -0.05) is 71.7 Å². The largest absolute Gasteiger partial charge is 0.496 e. The summed E-state index contributed by atoms with van der Waals surface area (Å²) in [6.07, 6.45) is 0. The van der Waals surface area contributed by atoms with Crippen molar-refractivity contribution >= 4 is 55.8 Å². The van der Waals surface area contributed by atoms with Crippen molar-refractivity contribution in [2.75, 3.05) is 7.11 Å². The van der Waals surface area contributed by atoms with Gasteiger partial charge in [0.1, 0.15) is 11.4 Å². The SMILES string of the molecule is COc1ccc(Cl)cc1-c1nc2c3ccccc3c3ccccc3c2nc1Cl. The first-order chi connectivity index (χ1) is 13.7. The zero-order valence-corrected chi connectivity index (χ0v) is 16.4. The number of rotatable bonds is 2. The number of methoxy groups -OCH3 is 1. The molecule has 0 atom stereocenters.